The molecule has 1 N–H and O–H groups in total. The summed E-state index contributed by atoms with van der Waals surface area (Å²) in [6, 6.07) is 17.3. The second-order valence-electron chi connectivity index (χ2n) is 5.63. The number of likely N-dealkylation sites (tertiary alicyclic amines) is 1. The van der Waals surface area contributed by atoms with Crippen LogP contribution in [0.3, 0.4) is 0 Å². The van der Waals surface area contributed by atoms with Gasteiger partial charge in [-0.1, -0.05) is 42.5 Å². The number of amides is 2. The Morgan fingerprint density at radius 2 is 1.83 bits per heavy atom. The Bertz CT molecular complexity index is 718. The van der Waals surface area contributed by atoms with Gasteiger partial charge in [0, 0.05) is 24.0 Å². The number of hydrogen-bond donors (Lipinski definition) is 1. The van der Waals surface area contributed by atoms with Crippen molar-refractivity contribution in [3.8, 4) is 0 Å². The Hall–Kier alpha value is -2.14. The fourth-order valence-corrected chi connectivity index (χ4v) is 3.09. The number of hydrogen-bond acceptors (Lipinski definition) is 2. The highest BCUT2D eigenvalue weighted by Crippen LogP contribution is 2.25. The molecule has 0 spiro atoms. The number of carbonyl (C=O) groups excluding carboxylic acids is 2. The molecule has 4 nitrogen and oxygen atoms in total. The van der Waals surface area contributed by atoms with E-state index in [4.69, 9.17) is 0 Å². The van der Waals surface area contributed by atoms with Crippen molar-refractivity contribution in [3.63, 3.8) is 0 Å². The molecule has 0 aromatic heterocycles. The zero-order valence-corrected chi connectivity index (χ0v) is 14.1. The quantitative estimate of drug-likeness (QED) is 0.893. The van der Waals surface area contributed by atoms with Crippen LogP contribution in [0.1, 0.15) is 12.0 Å². The number of para-hydroxylation sites is 1. The van der Waals surface area contributed by atoms with Crippen LogP contribution in [0.4, 0.5) is 5.69 Å². The van der Waals surface area contributed by atoms with Crippen LogP contribution >= 0.6 is 15.9 Å². The molecule has 2 aromatic rings. The number of nitrogens with one attached hydrogen (secondary N) is 1. The van der Waals surface area contributed by atoms with Gasteiger partial charge in [-0.3, -0.25) is 9.59 Å². The van der Waals surface area contributed by atoms with Crippen LogP contribution in [0.25, 0.3) is 0 Å². The van der Waals surface area contributed by atoms with Crippen LogP contribution in [0, 0.1) is 5.92 Å². The molecule has 2 aromatic carbocycles. The van der Waals surface area contributed by atoms with E-state index in [0.717, 1.165) is 15.7 Å². The van der Waals surface area contributed by atoms with E-state index in [1.54, 1.807) is 4.90 Å². The third-order valence-corrected chi connectivity index (χ3v) is 4.62. The summed E-state index contributed by atoms with van der Waals surface area (Å²) >= 11 is 3.41. The minimum absolute atomic E-state index is 0.0288. The van der Waals surface area contributed by atoms with E-state index < -0.39 is 0 Å². The fraction of sp³-hybridized carbons (Fsp3) is 0.222. The van der Waals surface area contributed by atoms with Crippen molar-refractivity contribution in [2.24, 2.45) is 5.92 Å². The lowest BCUT2D eigenvalue weighted by atomic mass is 10.1. The first-order valence-electron chi connectivity index (χ1n) is 7.50. The third kappa shape index (κ3) is 3.79. The lowest BCUT2D eigenvalue weighted by Gasteiger charge is -2.17. The summed E-state index contributed by atoms with van der Waals surface area (Å²) in [4.78, 5) is 26.3. The first kappa shape index (κ1) is 15.7. The molecule has 0 saturated carbocycles. The van der Waals surface area contributed by atoms with Crippen LogP contribution in [-0.2, 0) is 16.1 Å². The first-order chi connectivity index (χ1) is 11.1. The molecular weight excluding hydrogens is 356 g/mol. The Kier molecular flexibility index (Phi) is 4.76. The monoisotopic (exact) mass is 372 g/mol. The highest BCUT2D eigenvalue weighted by molar-refractivity contribution is 9.10. The van der Waals surface area contributed by atoms with Crippen molar-refractivity contribution >= 4 is 33.4 Å². The second-order valence-corrected chi connectivity index (χ2v) is 6.48. The van der Waals surface area contributed by atoms with Gasteiger partial charge in [0.05, 0.1) is 11.6 Å². The topological polar surface area (TPSA) is 49.4 Å². The van der Waals surface area contributed by atoms with Crippen molar-refractivity contribution in [2.45, 2.75) is 13.0 Å². The van der Waals surface area contributed by atoms with Gasteiger partial charge < -0.3 is 10.2 Å². The Balaban J connectivity index is 1.63. The van der Waals surface area contributed by atoms with Gasteiger partial charge in [-0.25, -0.2) is 0 Å². The Morgan fingerprint density at radius 1 is 1.13 bits per heavy atom. The van der Waals surface area contributed by atoms with E-state index in [1.165, 1.54) is 0 Å². The van der Waals surface area contributed by atoms with Crippen molar-refractivity contribution in [2.75, 3.05) is 11.9 Å². The molecule has 2 amide bonds. The van der Waals surface area contributed by atoms with E-state index in [1.807, 2.05) is 54.6 Å². The summed E-state index contributed by atoms with van der Waals surface area (Å²) in [7, 11) is 0. The molecule has 118 valence electrons. The SMILES string of the molecule is O=C(Nc1ccccc1Br)C1CC(=O)N(Cc2ccccc2)C1. The van der Waals surface area contributed by atoms with Gasteiger partial charge in [0.1, 0.15) is 0 Å². The predicted molar refractivity (Wildman–Crippen MR) is 92.7 cm³/mol. The third-order valence-electron chi connectivity index (χ3n) is 3.93. The molecule has 0 aliphatic carbocycles. The van der Waals surface area contributed by atoms with Crippen molar-refractivity contribution in [1.82, 2.24) is 4.90 Å². The van der Waals surface area contributed by atoms with Crippen LogP contribution in [0.5, 0.6) is 0 Å². The lowest BCUT2D eigenvalue weighted by Crippen LogP contribution is -2.28. The van der Waals surface area contributed by atoms with Crippen molar-refractivity contribution in [1.29, 1.82) is 0 Å². The van der Waals surface area contributed by atoms with Crippen LogP contribution in [-0.4, -0.2) is 23.3 Å². The highest BCUT2D eigenvalue weighted by Gasteiger charge is 2.34. The summed E-state index contributed by atoms with van der Waals surface area (Å²) in [6.45, 7) is 1.02. The molecule has 1 fully saturated rings. The zero-order valence-electron chi connectivity index (χ0n) is 12.5. The minimum atomic E-state index is -0.307. The smallest absolute Gasteiger partial charge is 0.229 e. The predicted octanol–water partition coefficient (Wildman–Crippen LogP) is 3.44. The number of benzene rings is 2. The largest absolute Gasteiger partial charge is 0.338 e. The fourth-order valence-electron chi connectivity index (χ4n) is 2.70. The summed E-state index contributed by atoms with van der Waals surface area (Å²) in [5.74, 6) is -0.389. The van der Waals surface area contributed by atoms with Gasteiger partial charge >= 0.3 is 0 Å². The maximum absolute atomic E-state index is 12.4. The molecule has 0 bridgehead atoms. The molecule has 1 unspecified atom stereocenters. The molecule has 1 atom stereocenters. The Labute approximate surface area is 143 Å². The minimum Gasteiger partial charge on any atom is -0.338 e. The number of rotatable bonds is 4. The molecular formula is C18H17BrN2O2. The van der Waals surface area contributed by atoms with Crippen LogP contribution < -0.4 is 5.32 Å². The van der Waals surface area contributed by atoms with Crippen molar-refractivity contribution < 1.29 is 9.59 Å². The van der Waals surface area contributed by atoms with Crippen LogP contribution in [0.15, 0.2) is 59.1 Å². The zero-order chi connectivity index (χ0) is 16.2. The van der Waals surface area contributed by atoms with E-state index in [9.17, 15) is 9.59 Å². The molecule has 0 radical (unpaired) electrons. The lowest BCUT2D eigenvalue weighted by molar-refractivity contribution is -0.128. The summed E-state index contributed by atoms with van der Waals surface area (Å²) in [6.07, 6.45) is 0.267. The van der Waals surface area contributed by atoms with Gasteiger partial charge in [0.2, 0.25) is 11.8 Å². The van der Waals surface area contributed by atoms with Crippen molar-refractivity contribution in [3.05, 3.63) is 64.6 Å². The van der Waals surface area contributed by atoms with E-state index in [0.29, 0.717) is 13.1 Å². The number of nitrogens with zero attached hydrogens (tertiary/aromatic N) is 1. The Morgan fingerprint density at radius 3 is 2.57 bits per heavy atom. The number of carbonyl (C=O) groups is 2. The average molecular weight is 373 g/mol. The summed E-state index contributed by atoms with van der Waals surface area (Å²) in [5.41, 5.74) is 1.80. The standard InChI is InChI=1S/C18H17BrN2O2/c19-15-8-4-5-9-16(15)20-18(23)14-10-17(22)21(12-14)11-13-6-2-1-3-7-13/h1-9,14H,10-12H2,(H,20,23). The van der Waals surface area contributed by atoms with Gasteiger partial charge in [0.25, 0.3) is 0 Å². The molecule has 1 aliphatic rings. The summed E-state index contributed by atoms with van der Waals surface area (Å²) in [5, 5.41) is 2.89. The molecule has 1 aliphatic heterocycles. The molecule has 1 saturated heterocycles. The van der Waals surface area contributed by atoms with Gasteiger partial charge in [-0.15, -0.1) is 0 Å². The van der Waals surface area contributed by atoms with Crippen LogP contribution in [0.2, 0.25) is 0 Å². The van der Waals surface area contributed by atoms with E-state index in [2.05, 4.69) is 21.2 Å². The van der Waals surface area contributed by atoms with E-state index in [-0.39, 0.29) is 24.2 Å². The maximum atomic E-state index is 12.4. The number of anilines is 1. The molecule has 5 heteroatoms. The van der Waals surface area contributed by atoms with Gasteiger partial charge in [-0.05, 0) is 33.6 Å². The molecule has 1 heterocycles. The maximum Gasteiger partial charge on any atom is 0.229 e. The highest BCUT2D eigenvalue weighted by atomic mass is 79.9. The first-order valence-corrected chi connectivity index (χ1v) is 8.30. The molecule has 3 rings (SSSR count). The average Bonchev–Trinajstić information content (AvgIpc) is 2.92. The molecule has 23 heavy (non-hydrogen) atoms. The van der Waals surface area contributed by atoms with E-state index >= 15 is 0 Å². The normalized spacial score (nSPS) is 17.3. The summed E-state index contributed by atoms with van der Waals surface area (Å²) < 4.78 is 0.832. The number of halogens is 1. The van der Waals surface area contributed by atoms with Gasteiger partial charge in [0.15, 0.2) is 0 Å². The van der Waals surface area contributed by atoms with Gasteiger partial charge in [-0.2, -0.15) is 0 Å². The second kappa shape index (κ2) is 6.96.